The van der Waals surface area contributed by atoms with Crippen molar-refractivity contribution in [3.05, 3.63) is 59.5 Å². The van der Waals surface area contributed by atoms with Crippen LogP contribution in [0.25, 0.3) is 11.3 Å². The molecule has 0 atom stereocenters. The number of sulfonamides is 1. The Morgan fingerprint density at radius 3 is 2.60 bits per heavy atom. The highest BCUT2D eigenvalue weighted by Gasteiger charge is 2.30. The van der Waals surface area contributed by atoms with Crippen LogP contribution in [-0.4, -0.2) is 69.6 Å². The number of morpholine rings is 1. The van der Waals surface area contributed by atoms with Gasteiger partial charge in [-0.1, -0.05) is 30.3 Å². The van der Waals surface area contributed by atoms with Crippen molar-refractivity contribution < 1.29 is 32.2 Å². The summed E-state index contributed by atoms with van der Waals surface area (Å²) in [5, 5.41) is 4.77. The van der Waals surface area contributed by atoms with Crippen LogP contribution < -0.4 is 10.1 Å². The number of anilines is 1. The number of esters is 1. The number of amides is 1. The average molecular weight is 518 g/mol. The van der Waals surface area contributed by atoms with Crippen molar-refractivity contribution in [1.29, 1.82) is 0 Å². The molecule has 0 spiro atoms. The highest BCUT2D eigenvalue weighted by molar-refractivity contribution is 7.89. The van der Waals surface area contributed by atoms with Gasteiger partial charge in [-0.15, -0.1) is 11.3 Å². The van der Waals surface area contributed by atoms with Crippen LogP contribution in [0.3, 0.4) is 0 Å². The summed E-state index contributed by atoms with van der Waals surface area (Å²) < 4.78 is 43.0. The van der Waals surface area contributed by atoms with Crippen LogP contribution in [-0.2, 0) is 24.3 Å². The van der Waals surface area contributed by atoms with E-state index in [2.05, 4.69) is 10.3 Å². The average Bonchev–Trinajstić information content (AvgIpc) is 3.36. The molecule has 3 aromatic rings. The van der Waals surface area contributed by atoms with Crippen molar-refractivity contribution in [1.82, 2.24) is 9.29 Å². The fourth-order valence-electron chi connectivity index (χ4n) is 3.37. The Kier molecular flexibility index (Phi) is 7.76. The van der Waals surface area contributed by atoms with Gasteiger partial charge in [0.25, 0.3) is 5.91 Å². The summed E-state index contributed by atoms with van der Waals surface area (Å²) in [5.41, 5.74) is 1.61. The Balaban J connectivity index is 1.40. The summed E-state index contributed by atoms with van der Waals surface area (Å²) in [6.07, 6.45) is 0. The van der Waals surface area contributed by atoms with Crippen LogP contribution in [0.1, 0.15) is 10.4 Å². The molecule has 0 radical (unpaired) electrons. The van der Waals surface area contributed by atoms with Gasteiger partial charge in [-0.25, -0.2) is 18.2 Å². The molecule has 0 saturated carbocycles. The lowest BCUT2D eigenvalue weighted by Gasteiger charge is -2.26. The number of aromatic nitrogens is 1. The van der Waals surface area contributed by atoms with Gasteiger partial charge < -0.3 is 14.2 Å². The third kappa shape index (κ3) is 5.85. The second-order valence-electron chi connectivity index (χ2n) is 7.41. The molecular formula is C23H23N3O7S2. The van der Waals surface area contributed by atoms with E-state index >= 15 is 0 Å². The van der Waals surface area contributed by atoms with E-state index in [1.807, 2.05) is 35.7 Å². The zero-order chi connectivity index (χ0) is 24.8. The molecule has 1 aliphatic heterocycles. The summed E-state index contributed by atoms with van der Waals surface area (Å²) in [5.74, 6) is -1.31. The first-order valence-corrected chi connectivity index (χ1v) is 12.9. The minimum atomic E-state index is -3.92. The molecule has 12 heteroatoms. The monoisotopic (exact) mass is 517 g/mol. The predicted octanol–water partition coefficient (Wildman–Crippen LogP) is 2.64. The van der Waals surface area contributed by atoms with Gasteiger partial charge in [-0.2, -0.15) is 4.31 Å². The normalized spacial score (nSPS) is 14.3. The van der Waals surface area contributed by atoms with Crippen molar-refractivity contribution in [3.63, 3.8) is 0 Å². The lowest BCUT2D eigenvalue weighted by molar-refractivity contribution is -0.119. The molecule has 10 nitrogen and oxygen atoms in total. The maximum absolute atomic E-state index is 13.1. The molecule has 1 fully saturated rings. The van der Waals surface area contributed by atoms with Crippen LogP contribution in [0, 0.1) is 0 Å². The summed E-state index contributed by atoms with van der Waals surface area (Å²) in [4.78, 5) is 29.0. The van der Waals surface area contributed by atoms with Gasteiger partial charge in [-0.3, -0.25) is 10.1 Å². The molecule has 184 valence electrons. The fourth-order valence-corrected chi connectivity index (χ4v) is 5.70. The van der Waals surface area contributed by atoms with Crippen molar-refractivity contribution in [2.45, 2.75) is 4.90 Å². The number of carbonyl (C=O) groups is 2. The number of thiazole rings is 1. The van der Waals surface area contributed by atoms with Crippen LogP contribution in [0.2, 0.25) is 0 Å². The summed E-state index contributed by atoms with van der Waals surface area (Å²) in [6, 6.07) is 13.4. The van der Waals surface area contributed by atoms with Gasteiger partial charge in [0, 0.05) is 24.0 Å². The van der Waals surface area contributed by atoms with Crippen LogP contribution in [0.5, 0.6) is 5.75 Å². The first-order valence-electron chi connectivity index (χ1n) is 10.6. The number of methoxy groups -OCH3 is 1. The lowest BCUT2D eigenvalue weighted by Crippen LogP contribution is -2.40. The molecule has 2 heterocycles. The van der Waals surface area contributed by atoms with Gasteiger partial charge in [0.15, 0.2) is 11.7 Å². The van der Waals surface area contributed by atoms with E-state index in [0.717, 1.165) is 11.3 Å². The number of benzene rings is 2. The molecule has 0 aliphatic carbocycles. The van der Waals surface area contributed by atoms with E-state index in [1.54, 1.807) is 0 Å². The molecule has 1 aromatic heterocycles. The van der Waals surface area contributed by atoms with E-state index in [1.165, 1.54) is 41.0 Å². The molecule has 0 bridgehead atoms. The molecule has 2 aromatic carbocycles. The van der Waals surface area contributed by atoms with Crippen molar-refractivity contribution in [3.8, 4) is 17.0 Å². The summed E-state index contributed by atoms with van der Waals surface area (Å²) in [7, 11) is -2.57. The van der Waals surface area contributed by atoms with E-state index in [-0.39, 0.29) is 42.5 Å². The molecule has 4 rings (SSSR count). The Hall–Kier alpha value is -3.32. The third-order valence-electron chi connectivity index (χ3n) is 5.14. The Labute approximate surface area is 206 Å². The van der Waals surface area contributed by atoms with Crippen molar-refractivity contribution >= 4 is 38.4 Å². The molecule has 35 heavy (non-hydrogen) atoms. The minimum absolute atomic E-state index is 0.0222. The van der Waals surface area contributed by atoms with E-state index < -0.39 is 28.5 Å². The van der Waals surface area contributed by atoms with Gasteiger partial charge in [0.1, 0.15) is 10.6 Å². The SMILES string of the molecule is COc1ccc(C(=O)OCC(=O)Nc2nc(-c3ccccc3)cs2)cc1S(=O)(=O)N1CCOCC1. The quantitative estimate of drug-likeness (QED) is 0.452. The number of nitrogens with one attached hydrogen (secondary N) is 1. The largest absolute Gasteiger partial charge is 0.495 e. The van der Waals surface area contributed by atoms with Gasteiger partial charge in [-0.05, 0) is 18.2 Å². The lowest BCUT2D eigenvalue weighted by atomic mass is 10.2. The maximum Gasteiger partial charge on any atom is 0.338 e. The van der Waals surface area contributed by atoms with E-state index in [9.17, 15) is 18.0 Å². The third-order valence-corrected chi connectivity index (χ3v) is 7.82. The van der Waals surface area contributed by atoms with Crippen LogP contribution in [0.4, 0.5) is 5.13 Å². The molecule has 0 unspecified atom stereocenters. The smallest absolute Gasteiger partial charge is 0.338 e. The number of carbonyl (C=O) groups excluding carboxylic acids is 2. The zero-order valence-electron chi connectivity index (χ0n) is 18.8. The number of hydrogen-bond acceptors (Lipinski definition) is 9. The Bertz CT molecular complexity index is 1300. The predicted molar refractivity (Wildman–Crippen MR) is 129 cm³/mol. The second-order valence-corrected chi connectivity index (χ2v) is 10.2. The first kappa shape index (κ1) is 24.8. The molecule has 1 aliphatic rings. The minimum Gasteiger partial charge on any atom is -0.495 e. The van der Waals surface area contributed by atoms with Crippen LogP contribution in [0.15, 0.2) is 58.8 Å². The zero-order valence-corrected chi connectivity index (χ0v) is 20.4. The maximum atomic E-state index is 13.1. The summed E-state index contributed by atoms with van der Waals surface area (Å²) >= 11 is 1.25. The number of nitrogens with zero attached hydrogens (tertiary/aromatic N) is 2. The molecular weight excluding hydrogens is 494 g/mol. The highest BCUT2D eigenvalue weighted by Crippen LogP contribution is 2.29. The fraction of sp³-hybridized carbons (Fsp3) is 0.261. The number of hydrogen-bond donors (Lipinski definition) is 1. The van der Waals surface area contributed by atoms with Crippen molar-refractivity contribution in [2.24, 2.45) is 0 Å². The second kappa shape index (κ2) is 11.0. The van der Waals surface area contributed by atoms with Gasteiger partial charge in [0.2, 0.25) is 10.0 Å². The Morgan fingerprint density at radius 1 is 1.14 bits per heavy atom. The molecule has 1 amide bonds. The van der Waals surface area contributed by atoms with Crippen LogP contribution >= 0.6 is 11.3 Å². The van der Waals surface area contributed by atoms with E-state index in [0.29, 0.717) is 5.13 Å². The first-order chi connectivity index (χ1) is 16.9. The Morgan fingerprint density at radius 2 is 1.89 bits per heavy atom. The standard InChI is InChI=1S/C23H23N3O7S2/c1-31-19-8-7-17(13-20(19)35(29,30)26-9-11-32-12-10-26)22(28)33-14-21(27)25-23-24-18(15-34-23)16-5-3-2-4-6-16/h2-8,13,15H,9-12,14H2,1H3,(H,24,25,27). The van der Waals surface area contributed by atoms with Gasteiger partial charge in [0.05, 0.1) is 31.6 Å². The number of rotatable bonds is 8. The topological polar surface area (TPSA) is 124 Å². The summed E-state index contributed by atoms with van der Waals surface area (Å²) in [6.45, 7) is 0.400. The molecule has 1 saturated heterocycles. The molecule has 1 N–H and O–H groups in total. The van der Waals surface area contributed by atoms with E-state index in [4.69, 9.17) is 14.2 Å². The number of ether oxygens (including phenoxy) is 3. The van der Waals surface area contributed by atoms with Gasteiger partial charge >= 0.3 is 5.97 Å². The highest BCUT2D eigenvalue weighted by atomic mass is 32.2. The van der Waals surface area contributed by atoms with Crippen molar-refractivity contribution in [2.75, 3.05) is 45.3 Å².